The molecular weight excluding hydrogens is 354 g/mol. The van der Waals surface area contributed by atoms with Gasteiger partial charge in [0.05, 0.1) is 23.1 Å². The molecule has 3 rings (SSSR count). The average Bonchev–Trinajstić information content (AvgIpc) is 3.33. The minimum absolute atomic E-state index is 0.00938. The van der Waals surface area contributed by atoms with Gasteiger partial charge in [-0.15, -0.1) is 0 Å². The molecule has 0 atom stereocenters. The van der Waals surface area contributed by atoms with Crippen molar-refractivity contribution >= 4 is 16.0 Å². The topological polar surface area (TPSA) is 110 Å². The van der Waals surface area contributed by atoms with E-state index in [1.807, 2.05) is 11.0 Å². The average molecular weight is 377 g/mol. The van der Waals surface area contributed by atoms with Crippen molar-refractivity contribution in [3.63, 3.8) is 0 Å². The Morgan fingerprint density at radius 2 is 2.08 bits per heavy atom. The van der Waals surface area contributed by atoms with E-state index >= 15 is 0 Å². The van der Waals surface area contributed by atoms with Crippen molar-refractivity contribution in [2.24, 2.45) is 5.92 Å². The Hall–Kier alpha value is -1.95. The molecule has 2 aliphatic carbocycles. The third-order valence-electron chi connectivity index (χ3n) is 5.11. The van der Waals surface area contributed by atoms with E-state index in [9.17, 15) is 13.2 Å². The van der Waals surface area contributed by atoms with E-state index in [4.69, 9.17) is 10.4 Å². The van der Waals surface area contributed by atoms with Crippen LogP contribution in [0, 0.1) is 24.2 Å². The molecule has 0 radical (unpaired) electrons. The Labute approximate surface area is 153 Å². The summed E-state index contributed by atoms with van der Waals surface area (Å²) < 4.78 is 27.8. The predicted molar refractivity (Wildman–Crippen MR) is 95.0 cm³/mol. The van der Waals surface area contributed by atoms with Crippen molar-refractivity contribution in [3.8, 4) is 6.07 Å². The largest absolute Gasteiger partial charge is 0.480 e. The highest BCUT2D eigenvalue weighted by molar-refractivity contribution is 7.89. The van der Waals surface area contributed by atoms with E-state index in [2.05, 4.69) is 4.72 Å². The maximum atomic E-state index is 12.5. The molecular formula is C18H23N3O4S. The van der Waals surface area contributed by atoms with Gasteiger partial charge >= 0.3 is 5.97 Å². The monoisotopic (exact) mass is 377 g/mol. The van der Waals surface area contributed by atoms with Crippen molar-refractivity contribution in [1.82, 2.24) is 9.62 Å². The van der Waals surface area contributed by atoms with E-state index in [1.54, 1.807) is 6.92 Å². The molecule has 0 aliphatic heterocycles. The third-order valence-corrected chi connectivity index (χ3v) is 6.63. The van der Waals surface area contributed by atoms with Gasteiger partial charge in [0.2, 0.25) is 10.0 Å². The first-order valence-corrected chi connectivity index (χ1v) is 10.3. The van der Waals surface area contributed by atoms with Crippen LogP contribution in [0.1, 0.15) is 36.8 Å². The molecule has 2 fully saturated rings. The minimum Gasteiger partial charge on any atom is -0.480 e. The number of carbonyl (C=O) groups is 1. The van der Waals surface area contributed by atoms with Crippen molar-refractivity contribution in [2.45, 2.75) is 49.6 Å². The minimum atomic E-state index is -3.64. The van der Waals surface area contributed by atoms with Gasteiger partial charge in [-0.2, -0.15) is 5.26 Å². The summed E-state index contributed by atoms with van der Waals surface area (Å²) in [5, 5.41) is 18.0. The summed E-state index contributed by atoms with van der Waals surface area (Å²) in [6.07, 6.45) is 3.54. The highest BCUT2D eigenvalue weighted by atomic mass is 32.2. The lowest BCUT2D eigenvalue weighted by Gasteiger charge is -2.42. The third kappa shape index (κ3) is 4.41. The quantitative estimate of drug-likeness (QED) is 0.710. The Morgan fingerprint density at radius 1 is 1.38 bits per heavy atom. The van der Waals surface area contributed by atoms with Crippen LogP contribution in [0.25, 0.3) is 0 Å². The standard InChI is InChI=1S/C18H23N3O4S/c1-12-6-17(5-4-14(12)9-19)26(24,25)20-15-7-16(8-15)21(11-18(22)23)10-13-2-3-13/h4-6,13,15-16,20H,2-3,7-8,10-11H2,1H3,(H,22,23). The molecule has 7 nitrogen and oxygen atoms in total. The molecule has 0 saturated heterocycles. The summed E-state index contributed by atoms with van der Waals surface area (Å²) in [5.41, 5.74) is 1.08. The zero-order chi connectivity index (χ0) is 18.9. The van der Waals surface area contributed by atoms with Crippen LogP contribution in [0.3, 0.4) is 0 Å². The van der Waals surface area contributed by atoms with E-state index in [0.717, 1.165) is 19.4 Å². The summed E-state index contributed by atoms with van der Waals surface area (Å²) in [5.74, 6) is -0.255. The summed E-state index contributed by atoms with van der Waals surface area (Å²) in [7, 11) is -3.64. The number of rotatable bonds is 8. The number of sulfonamides is 1. The van der Waals surface area contributed by atoms with Crippen LogP contribution in [0.4, 0.5) is 0 Å². The van der Waals surface area contributed by atoms with E-state index < -0.39 is 16.0 Å². The number of nitrogens with zero attached hydrogens (tertiary/aromatic N) is 2. The van der Waals surface area contributed by atoms with Gasteiger partial charge in [0.1, 0.15) is 0 Å². The zero-order valence-corrected chi connectivity index (χ0v) is 15.5. The second-order valence-electron chi connectivity index (χ2n) is 7.30. The molecule has 26 heavy (non-hydrogen) atoms. The lowest BCUT2D eigenvalue weighted by molar-refractivity contribution is -0.139. The van der Waals surface area contributed by atoms with E-state index in [-0.39, 0.29) is 23.5 Å². The molecule has 0 amide bonds. The number of nitrogens with one attached hydrogen (secondary N) is 1. The van der Waals surface area contributed by atoms with Crippen LogP contribution in [0.5, 0.6) is 0 Å². The second-order valence-corrected chi connectivity index (χ2v) is 9.01. The SMILES string of the molecule is Cc1cc(S(=O)(=O)NC2CC(N(CC(=O)O)CC3CC3)C2)ccc1C#N. The van der Waals surface area contributed by atoms with Gasteiger partial charge in [-0.1, -0.05) is 0 Å². The molecule has 0 heterocycles. The fraction of sp³-hybridized carbons (Fsp3) is 0.556. The van der Waals surface area contributed by atoms with Gasteiger partial charge in [0.25, 0.3) is 0 Å². The van der Waals surface area contributed by atoms with Gasteiger partial charge in [0, 0.05) is 18.6 Å². The smallest absolute Gasteiger partial charge is 0.317 e. The molecule has 1 aromatic carbocycles. The first-order chi connectivity index (χ1) is 12.3. The van der Waals surface area contributed by atoms with Crippen LogP contribution in [0.15, 0.2) is 23.1 Å². The number of hydrogen-bond donors (Lipinski definition) is 2. The van der Waals surface area contributed by atoms with Gasteiger partial charge in [0.15, 0.2) is 0 Å². The summed E-state index contributed by atoms with van der Waals surface area (Å²) in [6.45, 7) is 2.50. The predicted octanol–water partition coefficient (Wildman–Crippen LogP) is 1.47. The van der Waals surface area contributed by atoms with Crippen molar-refractivity contribution in [2.75, 3.05) is 13.1 Å². The van der Waals surface area contributed by atoms with E-state index in [0.29, 0.717) is 29.9 Å². The molecule has 8 heteroatoms. The number of aliphatic carboxylic acids is 1. The van der Waals surface area contributed by atoms with Crippen molar-refractivity contribution in [1.29, 1.82) is 5.26 Å². The lowest BCUT2D eigenvalue weighted by atomic mass is 9.86. The molecule has 0 spiro atoms. The Bertz CT molecular complexity index is 836. The summed E-state index contributed by atoms with van der Waals surface area (Å²) in [4.78, 5) is 13.2. The van der Waals surface area contributed by atoms with Crippen LogP contribution < -0.4 is 4.72 Å². The summed E-state index contributed by atoms with van der Waals surface area (Å²) in [6, 6.07) is 6.40. The number of carboxylic acid groups (broad SMARTS) is 1. The van der Waals surface area contributed by atoms with Crippen LogP contribution in [-0.4, -0.2) is 49.6 Å². The van der Waals surface area contributed by atoms with Crippen molar-refractivity contribution in [3.05, 3.63) is 29.3 Å². The fourth-order valence-electron chi connectivity index (χ4n) is 3.35. The van der Waals surface area contributed by atoms with Gasteiger partial charge in [-0.25, -0.2) is 13.1 Å². The van der Waals surface area contributed by atoms with Gasteiger partial charge < -0.3 is 5.11 Å². The molecule has 2 saturated carbocycles. The second kappa shape index (κ2) is 7.35. The maximum Gasteiger partial charge on any atom is 0.317 e. The fourth-order valence-corrected chi connectivity index (χ4v) is 4.69. The lowest BCUT2D eigenvalue weighted by Crippen LogP contribution is -2.55. The number of hydrogen-bond acceptors (Lipinski definition) is 5. The number of carboxylic acids is 1. The molecule has 1 aromatic rings. The molecule has 2 aliphatic rings. The first kappa shape index (κ1) is 18.8. The molecule has 140 valence electrons. The highest BCUT2D eigenvalue weighted by Gasteiger charge is 2.38. The number of nitriles is 1. The van der Waals surface area contributed by atoms with Gasteiger partial charge in [-0.05, 0) is 62.3 Å². The summed E-state index contributed by atoms with van der Waals surface area (Å²) >= 11 is 0. The Kier molecular flexibility index (Phi) is 5.32. The molecule has 0 unspecified atom stereocenters. The van der Waals surface area contributed by atoms with Gasteiger partial charge in [-0.3, -0.25) is 9.69 Å². The zero-order valence-electron chi connectivity index (χ0n) is 14.7. The Balaban J connectivity index is 1.59. The molecule has 2 N–H and O–H groups in total. The van der Waals surface area contributed by atoms with Crippen LogP contribution >= 0.6 is 0 Å². The number of aryl methyl sites for hydroxylation is 1. The van der Waals surface area contributed by atoms with Crippen LogP contribution in [0.2, 0.25) is 0 Å². The van der Waals surface area contributed by atoms with Crippen molar-refractivity contribution < 1.29 is 18.3 Å². The Morgan fingerprint density at radius 3 is 2.62 bits per heavy atom. The maximum absolute atomic E-state index is 12.5. The van der Waals surface area contributed by atoms with E-state index in [1.165, 1.54) is 18.2 Å². The van der Waals surface area contributed by atoms with Crippen LogP contribution in [-0.2, 0) is 14.8 Å². The normalized spacial score (nSPS) is 22.7. The first-order valence-electron chi connectivity index (χ1n) is 8.77. The molecule has 0 bridgehead atoms. The highest BCUT2D eigenvalue weighted by Crippen LogP contribution is 2.34. The number of benzene rings is 1. The molecule has 0 aromatic heterocycles.